The van der Waals surface area contributed by atoms with Crippen LogP contribution in [0.1, 0.15) is 31.7 Å². The molecule has 0 amide bonds. The third-order valence-electron chi connectivity index (χ3n) is 4.47. The number of ether oxygens (including phenoxy) is 2. The van der Waals surface area contributed by atoms with Crippen LogP contribution in [-0.4, -0.2) is 63.5 Å². The van der Waals surface area contributed by atoms with E-state index in [1.54, 1.807) is 7.11 Å². The summed E-state index contributed by atoms with van der Waals surface area (Å²) in [5.41, 5.74) is 1.22. The van der Waals surface area contributed by atoms with Crippen molar-refractivity contribution in [1.82, 2.24) is 10.2 Å². The molecule has 0 aromatic heterocycles. The zero-order chi connectivity index (χ0) is 18.6. The van der Waals surface area contributed by atoms with Gasteiger partial charge in [-0.05, 0) is 50.3 Å². The van der Waals surface area contributed by atoms with Gasteiger partial charge in [-0.15, -0.1) is 24.0 Å². The summed E-state index contributed by atoms with van der Waals surface area (Å²) < 4.78 is 11.0. The zero-order valence-electron chi connectivity index (χ0n) is 16.5. The molecule has 0 radical (unpaired) electrons. The molecule has 7 heteroatoms. The molecule has 0 saturated carbocycles. The summed E-state index contributed by atoms with van der Waals surface area (Å²) >= 11 is 6.05. The topological polar surface area (TPSA) is 46.1 Å². The molecule has 0 spiro atoms. The highest BCUT2D eigenvalue weighted by atomic mass is 127. The minimum absolute atomic E-state index is 0. The van der Waals surface area contributed by atoms with E-state index < -0.39 is 0 Å². The largest absolute Gasteiger partial charge is 0.385 e. The van der Waals surface area contributed by atoms with Crippen molar-refractivity contribution in [3.8, 4) is 0 Å². The predicted octanol–water partition coefficient (Wildman–Crippen LogP) is 3.98. The van der Waals surface area contributed by atoms with Crippen molar-refractivity contribution in [2.45, 2.75) is 38.7 Å². The minimum Gasteiger partial charge on any atom is -0.385 e. The molecule has 1 aromatic carbocycles. The number of guanidine groups is 1. The summed E-state index contributed by atoms with van der Waals surface area (Å²) in [4.78, 5) is 7.15. The van der Waals surface area contributed by atoms with Crippen LogP contribution >= 0.6 is 35.6 Å². The number of aliphatic imine (C=N–C) groups is 1. The Labute approximate surface area is 185 Å². The lowest BCUT2D eigenvalue weighted by Gasteiger charge is -2.34. The van der Waals surface area contributed by atoms with E-state index in [9.17, 15) is 0 Å². The van der Waals surface area contributed by atoms with E-state index >= 15 is 0 Å². The average Bonchev–Trinajstić information content (AvgIpc) is 2.65. The number of nitrogens with zero attached hydrogens (tertiary/aromatic N) is 2. The number of likely N-dealkylation sites (tertiary alicyclic amines) is 1. The number of hydrogen-bond donors (Lipinski definition) is 1. The molecule has 5 nitrogen and oxygen atoms in total. The van der Waals surface area contributed by atoms with E-state index in [4.69, 9.17) is 26.1 Å². The van der Waals surface area contributed by atoms with Gasteiger partial charge in [-0.25, -0.2) is 0 Å². The van der Waals surface area contributed by atoms with E-state index in [2.05, 4.69) is 23.2 Å². The Bertz CT molecular complexity index is 552. The summed E-state index contributed by atoms with van der Waals surface area (Å²) in [6, 6.07) is 8.00. The van der Waals surface area contributed by atoms with Crippen LogP contribution in [0.3, 0.4) is 0 Å². The van der Waals surface area contributed by atoms with E-state index in [1.807, 2.05) is 18.2 Å². The second kappa shape index (κ2) is 14.4. The molecule has 1 N–H and O–H groups in total. The molecule has 154 valence electrons. The van der Waals surface area contributed by atoms with Crippen LogP contribution in [0, 0.1) is 0 Å². The van der Waals surface area contributed by atoms with Crippen molar-refractivity contribution in [1.29, 1.82) is 0 Å². The van der Waals surface area contributed by atoms with Crippen molar-refractivity contribution in [2.75, 3.05) is 46.5 Å². The normalized spacial score (nSPS) is 15.5. The predicted molar refractivity (Wildman–Crippen MR) is 124 cm³/mol. The molecule has 1 aromatic rings. The van der Waals surface area contributed by atoms with Crippen LogP contribution in [0.5, 0.6) is 0 Å². The second-order valence-electron chi connectivity index (χ2n) is 6.52. The molecule has 1 heterocycles. The van der Waals surface area contributed by atoms with E-state index in [0.717, 1.165) is 76.1 Å². The van der Waals surface area contributed by atoms with Gasteiger partial charge in [-0.2, -0.15) is 0 Å². The van der Waals surface area contributed by atoms with Gasteiger partial charge in [0.15, 0.2) is 5.96 Å². The number of nitrogens with one attached hydrogen (secondary N) is 1. The van der Waals surface area contributed by atoms with Crippen molar-refractivity contribution >= 4 is 41.5 Å². The number of hydrogen-bond acceptors (Lipinski definition) is 3. The fraction of sp³-hybridized carbons (Fsp3) is 0.650. The lowest BCUT2D eigenvalue weighted by Crippen LogP contribution is -2.47. The quantitative estimate of drug-likeness (QED) is 0.237. The van der Waals surface area contributed by atoms with Gasteiger partial charge in [0.1, 0.15) is 0 Å². The molecule has 1 fully saturated rings. The zero-order valence-corrected chi connectivity index (χ0v) is 19.5. The standard InChI is InChI=1S/C20H32ClN3O2.HI/c1-3-22-20(23-11-8-17-6-4-7-18(21)16-17)24-12-9-19(10-13-24)26-15-5-14-25-2;/h4,6-7,16,19H,3,5,8-15H2,1-2H3,(H,22,23);1H. The maximum absolute atomic E-state index is 6.05. The monoisotopic (exact) mass is 509 g/mol. The van der Waals surface area contributed by atoms with Crippen LogP contribution in [0.2, 0.25) is 5.02 Å². The fourth-order valence-corrected chi connectivity index (χ4v) is 3.31. The second-order valence-corrected chi connectivity index (χ2v) is 6.96. The number of piperidine rings is 1. The highest BCUT2D eigenvalue weighted by Gasteiger charge is 2.21. The summed E-state index contributed by atoms with van der Waals surface area (Å²) in [5, 5.41) is 4.20. The lowest BCUT2D eigenvalue weighted by molar-refractivity contribution is 0.00991. The Hall–Kier alpha value is -0.570. The summed E-state index contributed by atoms with van der Waals surface area (Å²) in [6.45, 7) is 7.27. The van der Waals surface area contributed by atoms with Gasteiger partial charge < -0.3 is 19.7 Å². The Morgan fingerprint density at radius 3 is 2.74 bits per heavy atom. The summed E-state index contributed by atoms with van der Waals surface area (Å²) in [6.07, 6.45) is 4.31. The van der Waals surface area contributed by atoms with E-state index in [1.165, 1.54) is 5.56 Å². The molecule has 0 aliphatic carbocycles. The van der Waals surface area contributed by atoms with Gasteiger partial charge in [0.2, 0.25) is 0 Å². The van der Waals surface area contributed by atoms with Crippen LogP contribution in [0.25, 0.3) is 0 Å². The SMILES string of the molecule is CCNC(=NCCc1cccc(Cl)c1)N1CCC(OCCCOC)CC1.I. The van der Waals surface area contributed by atoms with Crippen molar-refractivity contribution in [2.24, 2.45) is 4.99 Å². The summed E-state index contributed by atoms with van der Waals surface area (Å²) in [7, 11) is 1.73. The van der Waals surface area contributed by atoms with Crippen LogP contribution in [-0.2, 0) is 15.9 Å². The molecule has 0 atom stereocenters. The lowest BCUT2D eigenvalue weighted by atomic mass is 10.1. The van der Waals surface area contributed by atoms with E-state index in [0.29, 0.717) is 6.10 Å². The van der Waals surface area contributed by atoms with Crippen molar-refractivity contribution < 1.29 is 9.47 Å². The Kier molecular flexibility index (Phi) is 13.1. The molecular formula is C20H33ClIN3O2. The van der Waals surface area contributed by atoms with Gasteiger partial charge in [0.05, 0.1) is 6.10 Å². The van der Waals surface area contributed by atoms with E-state index in [-0.39, 0.29) is 24.0 Å². The average molecular weight is 510 g/mol. The van der Waals surface area contributed by atoms with Gasteiger partial charge >= 0.3 is 0 Å². The first kappa shape index (κ1) is 24.5. The maximum atomic E-state index is 6.05. The van der Waals surface area contributed by atoms with Gasteiger partial charge in [0, 0.05) is 51.5 Å². The maximum Gasteiger partial charge on any atom is 0.193 e. The molecule has 27 heavy (non-hydrogen) atoms. The summed E-state index contributed by atoms with van der Waals surface area (Å²) in [5.74, 6) is 1.01. The van der Waals surface area contributed by atoms with Gasteiger partial charge in [-0.1, -0.05) is 23.7 Å². The van der Waals surface area contributed by atoms with Crippen LogP contribution in [0.15, 0.2) is 29.3 Å². The van der Waals surface area contributed by atoms with Gasteiger partial charge in [-0.3, -0.25) is 4.99 Å². The van der Waals surface area contributed by atoms with Crippen LogP contribution < -0.4 is 5.32 Å². The first-order chi connectivity index (χ1) is 12.7. The highest BCUT2D eigenvalue weighted by Crippen LogP contribution is 2.15. The van der Waals surface area contributed by atoms with Crippen molar-refractivity contribution in [3.05, 3.63) is 34.9 Å². The minimum atomic E-state index is 0. The number of methoxy groups -OCH3 is 1. The molecule has 1 aliphatic heterocycles. The first-order valence-electron chi connectivity index (χ1n) is 9.61. The molecule has 0 bridgehead atoms. The highest BCUT2D eigenvalue weighted by molar-refractivity contribution is 14.0. The molecule has 1 saturated heterocycles. The smallest absolute Gasteiger partial charge is 0.193 e. The van der Waals surface area contributed by atoms with Gasteiger partial charge in [0.25, 0.3) is 0 Å². The molecule has 2 rings (SSSR count). The van der Waals surface area contributed by atoms with Crippen LogP contribution in [0.4, 0.5) is 0 Å². The van der Waals surface area contributed by atoms with Crippen molar-refractivity contribution in [3.63, 3.8) is 0 Å². The molecule has 1 aliphatic rings. The number of halogens is 2. The Morgan fingerprint density at radius 2 is 2.07 bits per heavy atom. The number of rotatable bonds is 9. The first-order valence-corrected chi connectivity index (χ1v) is 9.99. The number of benzene rings is 1. The third-order valence-corrected chi connectivity index (χ3v) is 4.71. The molecular weight excluding hydrogens is 477 g/mol. The Morgan fingerprint density at radius 1 is 1.30 bits per heavy atom. The third kappa shape index (κ3) is 9.45. The Balaban J connectivity index is 0.00000364. The fourth-order valence-electron chi connectivity index (χ4n) is 3.10. The molecule has 0 unspecified atom stereocenters.